The van der Waals surface area contributed by atoms with Gasteiger partial charge in [0.05, 0.1) is 12.7 Å². The first-order valence-corrected chi connectivity index (χ1v) is 5.06. The Bertz CT molecular complexity index is 188. The third-order valence-corrected chi connectivity index (χ3v) is 3.13. The molecule has 0 spiro atoms. The van der Waals surface area contributed by atoms with Crippen LogP contribution in [0.5, 0.6) is 0 Å². The summed E-state index contributed by atoms with van der Waals surface area (Å²) in [6, 6.07) is -0.255. The molecule has 0 bridgehead atoms. The highest BCUT2D eigenvalue weighted by Gasteiger charge is 2.50. The van der Waals surface area contributed by atoms with Gasteiger partial charge >= 0.3 is 0 Å². The van der Waals surface area contributed by atoms with Gasteiger partial charge in [0, 0.05) is 26.1 Å². The van der Waals surface area contributed by atoms with E-state index in [2.05, 4.69) is 6.92 Å². The van der Waals surface area contributed by atoms with Crippen LogP contribution in [0.15, 0.2) is 0 Å². The second-order valence-corrected chi connectivity index (χ2v) is 3.95. The highest BCUT2D eigenvalue weighted by Crippen LogP contribution is 2.38. The molecular formula is C10H19BO3. The van der Waals surface area contributed by atoms with Crippen molar-refractivity contribution in [2.45, 2.75) is 38.0 Å². The van der Waals surface area contributed by atoms with Crippen molar-refractivity contribution in [1.29, 1.82) is 0 Å². The molecule has 1 fully saturated rings. The van der Waals surface area contributed by atoms with Gasteiger partial charge in [0.25, 0.3) is 0 Å². The van der Waals surface area contributed by atoms with Crippen LogP contribution < -0.4 is 0 Å². The quantitative estimate of drug-likeness (QED) is 0.629. The van der Waals surface area contributed by atoms with Crippen molar-refractivity contribution in [3.05, 3.63) is 0 Å². The van der Waals surface area contributed by atoms with E-state index in [1.165, 1.54) is 0 Å². The van der Waals surface area contributed by atoms with E-state index in [4.69, 9.17) is 22.1 Å². The first-order valence-electron chi connectivity index (χ1n) is 5.06. The summed E-state index contributed by atoms with van der Waals surface area (Å²) >= 11 is 0. The molecule has 0 aromatic carbocycles. The lowest BCUT2D eigenvalue weighted by Crippen LogP contribution is -2.45. The maximum atomic E-state index is 5.87. The van der Waals surface area contributed by atoms with E-state index in [1.807, 2.05) is 6.92 Å². The molecule has 0 N–H and O–H groups in total. The minimum absolute atomic E-state index is 0.0162. The van der Waals surface area contributed by atoms with Gasteiger partial charge in [-0.2, -0.15) is 0 Å². The standard InChI is InChI=1S/C10H19BO3/c1-5-10(6-12-3)8(13-4)7(2)9(11)14-10/h7-9H,5-6H2,1-4H3/t7?,8?,9-,10?/m1/s1. The number of ether oxygens (including phenoxy) is 3. The summed E-state index contributed by atoms with van der Waals surface area (Å²) in [7, 11) is 9.23. The van der Waals surface area contributed by atoms with Gasteiger partial charge in [0.2, 0.25) is 0 Å². The predicted octanol–water partition coefficient (Wildman–Crippen LogP) is 0.957. The second kappa shape index (κ2) is 4.64. The van der Waals surface area contributed by atoms with E-state index >= 15 is 0 Å². The van der Waals surface area contributed by atoms with E-state index in [-0.39, 0.29) is 23.6 Å². The minimum atomic E-state index is -0.373. The van der Waals surface area contributed by atoms with Crippen LogP contribution in [0.25, 0.3) is 0 Å². The molecule has 0 saturated carbocycles. The van der Waals surface area contributed by atoms with Crippen LogP contribution in [0.3, 0.4) is 0 Å². The zero-order chi connectivity index (χ0) is 10.8. The fourth-order valence-corrected chi connectivity index (χ4v) is 2.27. The second-order valence-electron chi connectivity index (χ2n) is 3.95. The molecule has 4 heteroatoms. The summed E-state index contributed by atoms with van der Waals surface area (Å²) in [6.07, 6.45) is 0.861. The Morgan fingerprint density at radius 3 is 2.50 bits per heavy atom. The molecule has 3 unspecified atom stereocenters. The zero-order valence-electron chi connectivity index (χ0n) is 9.45. The summed E-state index contributed by atoms with van der Waals surface area (Å²) in [5, 5.41) is 0. The van der Waals surface area contributed by atoms with Gasteiger partial charge in [-0.25, -0.2) is 0 Å². The van der Waals surface area contributed by atoms with E-state index in [0.717, 1.165) is 6.42 Å². The highest BCUT2D eigenvalue weighted by atomic mass is 16.6. The molecule has 0 aromatic rings. The molecule has 0 aromatic heterocycles. The third-order valence-electron chi connectivity index (χ3n) is 3.13. The minimum Gasteiger partial charge on any atom is -0.382 e. The molecule has 80 valence electrons. The first kappa shape index (κ1) is 12.0. The van der Waals surface area contributed by atoms with Gasteiger partial charge < -0.3 is 14.2 Å². The summed E-state index contributed by atoms with van der Waals surface area (Å²) in [4.78, 5) is 0. The largest absolute Gasteiger partial charge is 0.382 e. The molecule has 1 aliphatic heterocycles. The van der Waals surface area contributed by atoms with Crippen LogP contribution in [-0.2, 0) is 14.2 Å². The number of hydrogen-bond donors (Lipinski definition) is 0. The fourth-order valence-electron chi connectivity index (χ4n) is 2.27. The van der Waals surface area contributed by atoms with E-state index < -0.39 is 0 Å². The van der Waals surface area contributed by atoms with Crippen LogP contribution in [0.4, 0.5) is 0 Å². The summed E-state index contributed by atoms with van der Waals surface area (Å²) < 4.78 is 16.4. The molecule has 2 radical (unpaired) electrons. The van der Waals surface area contributed by atoms with Crippen LogP contribution in [0.2, 0.25) is 0 Å². The molecule has 0 aliphatic carbocycles. The Labute approximate surface area is 87.5 Å². The van der Waals surface area contributed by atoms with Gasteiger partial charge in [-0.3, -0.25) is 0 Å². The van der Waals surface area contributed by atoms with Crippen LogP contribution in [-0.4, -0.2) is 46.4 Å². The number of methoxy groups -OCH3 is 2. The lowest BCUT2D eigenvalue weighted by atomic mass is 9.82. The summed E-state index contributed by atoms with van der Waals surface area (Å²) in [6.45, 7) is 4.64. The van der Waals surface area contributed by atoms with Crippen molar-refractivity contribution < 1.29 is 14.2 Å². The Kier molecular flexibility index (Phi) is 3.99. The van der Waals surface area contributed by atoms with Crippen molar-refractivity contribution in [3.8, 4) is 0 Å². The van der Waals surface area contributed by atoms with Crippen LogP contribution >= 0.6 is 0 Å². The Morgan fingerprint density at radius 1 is 1.43 bits per heavy atom. The van der Waals surface area contributed by atoms with Crippen molar-refractivity contribution in [3.63, 3.8) is 0 Å². The maximum Gasteiger partial charge on any atom is 0.117 e. The Balaban J connectivity index is 2.83. The van der Waals surface area contributed by atoms with Crippen LogP contribution in [0, 0.1) is 5.92 Å². The molecule has 3 nitrogen and oxygen atoms in total. The number of hydrogen-bond acceptors (Lipinski definition) is 3. The van der Waals surface area contributed by atoms with Gasteiger partial charge in [0.1, 0.15) is 13.4 Å². The third kappa shape index (κ3) is 1.83. The lowest BCUT2D eigenvalue weighted by molar-refractivity contribution is -0.118. The van der Waals surface area contributed by atoms with E-state index in [1.54, 1.807) is 14.2 Å². The number of rotatable bonds is 4. The summed E-state index contributed by atoms with van der Waals surface area (Å²) in [5.74, 6) is 0.204. The molecule has 14 heavy (non-hydrogen) atoms. The average molecular weight is 198 g/mol. The SMILES string of the molecule is [B][C@@H]1OC(CC)(COC)C(OC)C1C. The molecule has 0 amide bonds. The maximum absolute atomic E-state index is 5.87. The Morgan fingerprint density at radius 2 is 2.07 bits per heavy atom. The molecule has 1 saturated heterocycles. The molecule has 1 heterocycles. The van der Waals surface area contributed by atoms with Crippen molar-refractivity contribution in [1.82, 2.24) is 0 Å². The van der Waals surface area contributed by atoms with Gasteiger partial charge in [0.15, 0.2) is 0 Å². The Hall–Kier alpha value is -0.0551. The molecular weight excluding hydrogens is 179 g/mol. The lowest BCUT2D eigenvalue weighted by Gasteiger charge is -2.32. The van der Waals surface area contributed by atoms with Gasteiger partial charge in [-0.05, 0) is 6.42 Å². The van der Waals surface area contributed by atoms with Crippen LogP contribution in [0.1, 0.15) is 20.3 Å². The molecule has 4 atom stereocenters. The summed E-state index contributed by atoms with van der Waals surface area (Å²) in [5.41, 5.74) is -0.373. The van der Waals surface area contributed by atoms with Crippen molar-refractivity contribution in [2.24, 2.45) is 5.92 Å². The monoisotopic (exact) mass is 198 g/mol. The van der Waals surface area contributed by atoms with Crippen molar-refractivity contribution >= 4 is 7.85 Å². The smallest absolute Gasteiger partial charge is 0.117 e. The average Bonchev–Trinajstić information content (AvgIpc) is 2.40. The normalized spacial score (nSPS) is 43.0. The topological polar surface area (TPSA) is 27.7 Å². The predicted molar refractivity (Wildman–Crippen MR) is 55.5 cm³/mol. The molecule has 1 rings (SSSR count). The van der Waals surface area contributed by atoms with Gasteiger partial charge in [-0.1, -0.05) is 13.8 Å². The van der Waals surface area contributed by atoms with E-state index in [9.17, 15) is 0 Å². The van der Waals surface area contributed by atoms with Gasteiger partial charge in [-0.15, -0.1) is 0 Å². The van der Waals surface area contributed by atoms with E-state index in [0.29, 0.717) is 6.61 Å². The molecule has 1 aliphatic rings. The highest BCUT2D eigenvalue weighted by molar-refractivity contribution is 6.11. The fraction of sp³-hybridized carbons (Fsp3) is 1.00. The first-order chi connectivity index (χ1) is 6.61. The zero-order valence-corrected chi connectivity index (χ0v) is 9.45. The van der Waals surface area contributed by atoms with Crippen molar-refractivity contribution in [2.75, 3.05) is 20.8 Å².